The molecule has 0 amide bonds. The Hall–Kier alpha value is 0. The van der Waals surface area contributed by atoms with Gasteiger partial charge in [-0.3, -0.25) is 0 Å². The van der Waals surface area contributed by atoms with E-state index in [1.54, 1.807) is 0 Å². The van der Waals surface area contributed by atoms with Gasteiger partial charge in [-0.1, -0.05) is 20.8 Å². The zero-order valence-electron chi connectivity index (χ0n) is 14.8. The lowest BCUT2D eigenvalue weighted by atomic mass is 9.30. The van der Waals surface area contributed by atoms with Crippen molar-refractivity contribution in [2.24, 2.45) is 52.3 Å². The molecule has 0 aromatic rings. The summed E-state index contributed by atoms with van der Waals surface area (Å²) in [6.45, 7) is 6.46. The van der Waals surface area contributed by atoms with Crippen molar-refractivity contribution >= 4 is 0 Å². The summed E-state index contributed by atoms with van der Waals surface area (Å²) in [6, 6.07) is 0. The lowest BCUT2D eigenvalue weighted by Crippen LogP contribution is -2.68. The molecule has 7 aliphatic rings. The van der Waals surface area contributed by atoms with Crippen LogP contribution in [-0.4, -0.2) is 0 Å². The highest BCUT2D eigenvalue weighted by atomic mass is 14.7. The standard InChI is InChI=1S/C19H30/c1-18(2,3)10-19-9-12-5-14-13-4-11(7-16(14)19)8-17(19)15(13)6-12/h11-17H,4-10H2,1-3H3/i10D2. The highest BCUT2D eigenvalue weighted by molar-refractivity contribution is 5.18. The quantitative estimate of drug-likeness (QED) is 0.613. The van der Waals surface area contributed by atoms with Crippen molar-refractivity contribution in [1.29, 1.82) is 0 Å². The predicted molar refractivity (Wildman–Crippen MR) is 78.6 cm³/mol. The normalized spacial score (nSPS) is 63.4. The molecule has 4 unspecified atom stereocenters. The monoisotopic (exact) mass is 260 g/mol. The van der Waals surface area contributed by atoms with Crippen LogP contribution in [-0.2, 0) is 0 Å². The van der Waals surface area contributed by atoms with Crippen LogP contribution in [0.15, 0.2) is 0 Å². The van der Waals surface area contributed by atoms with Gasteiger partial charge in [-0.25, -0.2) is 0 Å². The summed E-state index contributed by atoms with van der Waals surface area (Å²) in [5.74, 6) is 6.05. The minimum atomic E-state index is -1.00. The average Bonchev–Trinajstić information content (AvgIpc) is 2.42. The zero-order valence-corrected chi connectivity index (χ0v) is 12.8. The first-order valence-corrected chi connectivity index (χ1v) is 8.75. The topological polar surface area (TPSA) is 0 Å². The third-order valence-electron chi connectivity index (χ3n) is 7.68. The van der Waals surface area contributed by atoms with Gasteiger partial charge in [0.15, 0.2) is 0 Å². The molecule has 0 aromatic heterocycles. The van der Waals surface area contributed by atoms with Crippen molar-refractivity contribution < 1.29 is 2.74 Å². The van der Waals surface area contributed by atoms with Crippen molar-refractivity contribution in [2.75, 3.05) is 0 Å². The Morgan fingerprint density at radius 2 is 1.47 bits per heavy atom. The average molecular weight is 260 g/mol. The Balaban J connectivity index is 1.70. The van der Waals surface area contributed by atoms with Crippen molar-refractivity contribution in [3.8, 4) is 0 Å². The lowest BCUT2D eigenvalue weighted by Gasteiger charge is -2.75. The zero-order chi connectivity index (χ0) is 14.8. The first-order valence-electron chi connectivity index (χ1n) is 9.75. The van der Waals surface area contributed by atoms with Crippen LogP contribution >= 0.6 is 0 Å². The van der Waals surface area contributed by atoms with Crippen LogP contribution in [0.25, 0.3) is 0 Å². The fourth-order valence-electron chi connectivity index (χ4n) is 7.89. The van der Waals surface area contributed by atoms with E-state index in [-0.39, 0.29) is 10.8 Å². The molecule has 106 valence electrons. The first-order chi connectivity index (χ1) is 9.75. The summed E-state index contributed by atoms with van der Waals surface area (Å²) in [4.78, 5) is 0. The maximum absolute atomic E-state index is 9.20. The van der Waals surface area contributed by atoms with Crippen molar-refractivity contribution in [2.45, 2.75) is 65.7 Å². The molecule has 0 radical (unpaired) electrons. The van der Waals surface area contributed by atoms with E-state index in [1.165, 1.54) is 38.5 Å². The van der Waals surface area contributed by atoms with Gasteiger partial charge in [0.05, 0.1) is 0 Å². The number of hydrogen-bond donors (Lipinski definition) is 0. The van der Waals surface area contributed by atoms with Gasteiger partial charge in [-0.2, -0.15) is 0 Å². The van der Waals surface area contributed by atoms with E-state index < -0.39 is 6.37 Å². The van der Waals surface area contributed by atoms with Crippen LogP contribution in [0.5, 0.6) is 0 Å². The molecule has 7 aliphatic carbocycles. The van der Waals surface area contributed by atoms with Gasteiger partial charge in [0.25, 0.3) is 0 Å². The molecule has 0 N–H and O–H groups in total. The third kappa shape index (κ3) is 1.32. The van der Waals surface area contributed by atoms with Crippen LogP contribution in [0, 0.1) is 52.3 Å². The molecule has 0 aromatic carbocycles. The van der Waals surface area contributed by atoms with Crippen LogP contribution in [0.4, 0.5) is 0 Å². The lowest BCUT2D eigenvalue weighted by molar-refractivity contribution is -0.264. The van der Waals surface area contributed by atoms with E-state index in [0.29, 0.717) is 0 Å². The SMILES string of the molecule is [2H]C([2H])(C(C)(C)C)C12CC3CC4C5CC(CC41)CC2C5C3. The van der Waals surface area contributed by atoms with Gasteiger partial charge in [0, 0.05) is 2.74 Å². The Labute approximate surface area is 121 Å². The van der Waals surface area contributed by atoms with Crippen molar-refractivity contribution in [3.05, 3.63) is 0 Å². The van der Waals surface area contributed by atoms with Crippen LogP contribution in [0.2, 0.25) is 0 Å². The molecular formula is C19H30. The van der Waals surface area contributed by atoms with E-state index in [9.17, 15) is 2.74 Å². The van der Waals surface area contributed by atoms with Crippen molar-refractivity contribution in [1.82, 2.24) is 0 Å². The number of rotatable bonds is 1. The second kappa shape index (κ2) is 3.25. The molecule has 0 spiro atoms. The van der Waals surface area contributed by atoms with Gasteiger partial charge in [-0.15, -0.1) is 0 Å². The summed E-state index contributed by atoms with van der Waals surface area (Å²) >= 11 is 0. The van der Waals surface area contributed by atoms with E-state index in [1.807, 2.05) is 0 Å². The number of hydrogen-bond acceptors (Lipinski definition) is 0. The van der Waals surface area contributed by atoms with Crippen molar-refractivity contribution in [3.63, 3.8) is 0 Å². The van der Waals surface area contributed by atoms with Gasteiger partial charge < -0.3 is 0 Å². The molecule has 19 heavy (non-hydrogen) atoms. The minimum absolute atomic E-state index is 0.0369. The molecule has 0 heteroatoms. The summed E-state index contributed by atoms with van der Waals surface area (Å²) in [6.07, 6.45) is 7.36. The Kier molecular flexibility index (Phi) is 1.69. The summed E-state index contributed by atoms with van der Waals surface area (Å²) < 4.78 is 18.4. The molecule has 8 bridgehead atoms. The van der Waals surface area contributed by atoms with E-state index in [0.717, 1.165) is 41.4 Å². The Morgan fingerprint density at radius 3 is 2.05 bits per heavy atom. The summed E-state index contributed by atoms with van der Waals surface area (Å²) in [5.41, 5.74) is -0.189. The molecule has 7 rings (SSSR count). The Bertz CT molecular complexity index is 464. The van der Waals surface area contributed by atoms with Crippen LogP contribution in [0.1, 0.15) is 68.4 Å². The second-order valence-electron chi connectivity index (χ2n) is 9.73. The maximum Gasteiger partial charge on any atom is 0.0278 e. The molecule has 7 fully saturated rings. The largest absolute Gasteiger partial charge is 0.0602 e. The van der Waals surface area contributed by atoms with E-state index in [2.05, 4.69) is 20.8 Å². The van der Waals surface area contributed by atoms with E-state index in [4.69, 9.17) is 0 Å². The molecule has 4 atom stereocenters. The van der Waals surface area contributed by atoms with Crippen LogP contribution in [0.3, 0.4) is 0 Å². The van der Waals surface area contributed by atoms with Gasteiger partial charge in [0.1, 0.15) is 0 Å². The van der Waals surface area contributed by atoms with Gasteiger partial charge >= 0.3 is 0 Å². The summed E-state index contributed by atoms with van der Waals surface area (Å²) in [5, 5.41) is 0. The smallest absolute Gasteiger partial charge is 0.0278 e. The molecule has 7 saturated carbocycles. The van der Waals surface area contributed by atoms with Gasteiger partial charge in [-0.05, 0) is 97.2 Å². The van der Waals surface area contributed by atoms with E-state index >= 15 is 0 Å². The second-order valence-corrected chi connectivity index (χ2v) is 9.73. The fourth-order valence-corrected chi connectivity index (χ4v) is 7.89. The summed E-state index contributed by atoms with van der Waals surface area (Å²) in [7, 11) is 0. The Morgan fingerprint density at radius 1 is 0.895 bits per heavy atom. The minimum Gasteiger partial charge on any atom is -0.0602 e. The first kappa shape index (κ1) is 9.85. The molecule has 0 nitrogen and oxygen atoms in total. The maximum atomic E-state index is 9.20. The van der Waals surface area contributed by atoms with Gasteiger partial charge in [0.2, 0.25) is 0 Å². The fraction of sp³-hybridized carbons (Fsp3) is 1.00. The highest BCUT2D eigenvalue weighted by Crippen LogP contribution is 2.77. The van der Waals surface area contributed by atoms with Crippen LogP contribution < -0.4 is 0 Å². The molecular weight excluding hydrogens is 228 g/mol. The highest BCUT2D eigenvalue weighted by Gasteiger charge is 2.69. The molecule has 0 heterocycles. The predicted octanol–water partition coefficient (Wildman–Crippen LogP) is 5.13. The third-order valence-corrected chi connectivity index (χ3v) is 7.68. The molecule has 0 aliphatic heterocycles. The molecule has 0 saturated heterocycles.